The van der Waals surface area contributed by atoms with E-state index in [-0.39, 0.29) is 0 Å². The van der Waals surface area contributed by atoms with Gasteiger partial charge in [-0.25, -0.2) is 5.84 Å². The number of fused-ring (bicyclic) bond motifs is 1. The summed E-state index contributed by atoms with van der Waals surface area (Å²) in [7, 11) is 0. The second-order valence-corrected chi connectivity index (χ2v) is 7.36. The number of benzene rings is 5. The van der Waals surface area contributed by atoms with Crippen LogP contribution in [0.15, 0.2) is 121 Å². The molecule has 0 spiro atoms. The van der Waals surface area contributed by atoms with Gasteiger partial charge in [-0.15, -0.1) is 0 Å². The van der Waals surface area contributed by atoms with Crippen molar-refractivity contribution in [1.29, 1.82) is 0 Å². The minimum absolute atomic E-state index is 0.950. The standard InChI is InChI=1S/C28H22N2/c29-30(25-17-13-22(14-18-25)21-7-2-1-3-8-21)26-19-15-24(16-20-26)28-12-6-10-23-9-4-5-11-27(23)28/h1-20H,29H2. The highest BCUT2D eigenvalue weighted by Crippen LogP contribution is 2.31. The first-order valence-corrected chi connectivity index (χ1v) is 10.1. The highest BCUT2D eigenvalue weighted by Gasteiger charge is 2.08. The molecule has 0 heterocycles. The van der Waals surface area contributed by atoms with Gasteiger partial charge in [0.15, 0.2) is 0 Å². The maximum absolute atomic E-state index is 6.42. The Bertz CT molecular complexity index is 1270. The van der Waals surface area contributed by atoms with Crippen LogP contribution in [0.25, 0.3) is 33.0 Å². The molecule has 0 saturated carbocycles. The number of rotatable bonds is 4. The van der Waals surface area contributed by atoms with Gasteiger partial charge >= 0.3 is 0 Å². The zero-order chi connectivity index (χ0) is 20.3. The first kappa shape index (κ1) is 18.2. The fraction of sp³-hybridized carbons (Fsp3) is 0. The van der Waals surface area contributed by atoms with Gasteiger partial charge in [0.1, 0.15) is 0 Å². The lowest BCUT2D eigenvalue weighted by molar-refractivity contribution is 1.09. The summed E-state index contributed by atoms with van der Waals surface area (Å²) < 4.78 is 0. The van der Waals surface area contributed by atoms with Gasteiger partial charge in [-0.3, -0.25) is 5.01 Å². The van der Waals surface area contributed by atoms with Crippen molar-refractivity contribution in [2.75, 3.05) is 5.01 Å². The molecular weight excluding hydrogens is 364 g/mol. The third-order valence-corrected chi connectivity index (χ3v) is 5.50. The second-order valence-electron chi connectivity index (χ2n) is 7.36. The van der Waals surface area contributed by atoms with Crippen LogP contribution < -0.4 is 10.9 Å². The highest BCUT2D eigenvalue weighted by molar-refractivity contribution is 5.96. The monoisotopic (exact) mass is 386 g/mol. The number of hydrogen-bond acceptors (Lipinski definition) is 2. The lowest BCUT2D eigenvalue weighted by Gasteiger charge is -2.20. The van der Waals surface area contributed by atoms with Crippen molar-refractivity contribution in [2.45, 2.75) is 0 Å². The van der Waals surface area contributed by atoms with Crippen LogP contribution in [0, 0.1) is 0 Å². The summed E-state index contributed by atoms with van der Waals surface area (Å²) >= 11 is 0. The molecule has 0 fully saturated rings. The maximum atomic E-state index is 6.42. The summed E-state index contributed by atoms with van der Waals surface area (Å²) in [5.74, 6) is 6.42. The largest absolute Gasteiger partial charge is 0.280 e. The minimum atomic E-state index is 0.950. The first-order chi connectivity index (χ1) is 14.8. The molecule has 2 heteroatoms. The molecule has 5 rings (SSSR count). The Kier molecular flexibility index (Phi) is 4.76. The fourth-order valence-corrected chi connectivity index (χ4v) is 3.87. The van der Waals surface area contributed by atoms with E-state index >= 15 is 0 Å². The molecule has 144 valence electrons. The second kappa shape index (κ2) is 7.86. The molecule has 0 saturated heterocycles. The molecule has 0 aliphatic rings. The number of nitrogens with zero attached hydrogens (tertiary/aromatic N) is 1. The van der Waals surface area contributed by atoms with Gasteiger partial charge in [-0.1, -0.05) is 97.1 Å². The summed E-state index contributed by atoms with van der Waals surface area (Å²) in [6.45, 7) is 0. The van der Waals surface area contributed by atoms with E-state index in [2.05, 4.69) is 115 Å². The molecular formula is C28H22N2. The van der Waals surface area contributed by atoms with Crippen molar-refractivity contribution in [3.63, 3.8) is 0 Å². The van der Waals surface area contributed by atoms with E-state index in [9.17, 15) is 0 Å². The molecule has 0 aliphatic carbocycles. The smallest absolute Gasteiger partial charge is 0.0575 e. The Hall–Kier alpha value is -3.88. The number of nitrogens with two attached hydrogens (primary N) is 1. The van der Waals surface area contributed by atoms with E-state index in [1.54, 1.807) is 5.01 Å². The summed E-state index contributed by atoms with van der Waals surface area (Å²) in [5, 5.41) is 4.23. The molecule has 2 nitrogen and oxygen atoms in total. The summed E-state index contributed by atoms with van der Waals surface area (Å²) in [6.07, 6.45) is 0. The van der Waals surface area contributed by atoms with Crippen LogP contribution >= 0.6 is 0 Å². The Labute approximate surface area is 176 Å². The number of hydrogen-bond donors (Lipinski definition) is 1. The van der Waals surface area contributed by atoms with Gasteiger partial charge in [0.05, 0.1) is 11.4 Å². The zero-order valence-electron chi connectivity index (χ0n) is 16.6. The molecule has 0 unspecified atom stereocenters. The van der Waals surface area contributed by atoms with Crippen LogP contribution in [0.4, 0.5) is 11.4 Å². The van der Waals surface area contributed by atoms with Gasteiger partial charge in [0, 0.05) is 0 Å². The van der Waals surface area contributed by atoms with Crippen LogP contribution in [0.3, 0.4) is 0 Å². The van der Waals surface area contributed by atoms with Gasteiger partial charge in [-0.2, -0.15) is 0 Å². The molecule has 0 aromatic heterocycles. The number of hydrazine groups is 1. The Morgan fingerprint density at radius 3 is 1.67 bits per heavy atom. The van der Waals surface area contributed by atoms with E-state index in [1.165, 1.54) is 33.0 Å². The quantitative estimate of drug-likeness (QED) is 0.262. The summed E-state index contributed by atoms with van der Waals surface area (Å²) in [5.41, 5.74) is 6.70. The molecule has 0 aliphatic heterocycles. The van der Waals surface area contributed by atoms with Crippen molar-refractivity contribution in [1.82, 2.24) is 0 Å². The lowest BCUT2D eigenvalue weighted by atomic mass is 9.98. The summed E-state index contributed by atoms with van der Waals surface area (Å²) in [6, 6.07) is 42.0. The molecule has 0 atom stereocenters. The maximum Gasteiger partial charge on any atom is 0.0575 e. The minimum Gasteiger partial charge on any atom is -0.280 e. The first-order valence-electron chi connectivity index (χ1n) is 10.1. The van der Waals surface area contributed by atoms with Crippen molar-refractivity contribution >= 4 is 22.1 Å². The topological polar surface area (TPSA) is 29.3 Å². The summed E-state index contributed by atoms with van der Waals surface area (Å²) in [4.78, 5) is 0. The zero-order valence-corrected chi connectivity index (χ0v) is 16.6. The van der Waals surface area contributed by atoms with Gasteiger partial charge in [0.2, 0.25) is 0 Å². The van der Waals surface area contributed by atoms with Gasteiger partial charge in [-0.05, 0) is 57.3 Å². The SMILES string of the molecule is NN(c1ccc(-c2ccccc2)cc1)c1ccc(-c2cccc3ccccc23)cc1. The molecule has 0 amide bonds. The molecule has 2 N–H and O–H groups in total. The Morgan fingerprint density at radius 1 is 0.433 bits per heavy atom. The molecule has 5 aromatic carbocycles. The van der Waals surface area contributed by atoms with Crippen molar-refractivity contribution in [3.8, 4) is 22.3 Å². The van der Waals surface area contributed by atoms with Crippen LogP contribution in [0.5, 0.6) is 0 Å². The van der Waals surface area contributed by atoms with Gasteiger partial charge < -0.3 is 0 Å². The normalized spacial score (nSPS) is 10.8. The van der Waals surface area contributed by atoms with E-state index < -0.39 is 0 Å². The van der Waals surface area contributed by atoms with E-state index in [0.717, 1.165) is 11.4 Å². The van der Waals surface area contributed by atoms with Crippen LogP contribution in [-0.4, -0.2) is 0 Å². The van der Waals surface area contributed by atoms with Crippen molar-refractivity contribution < 1.29 is 0 Å². The Balaban J connectivity index is 1.41. The highest BCUT2D eigenvalue weighted by atomic mass is 15.4. The predicted octanol–water partition coefficient (Wildman–Crippen LogP) is 7.19. The molecule has 0 bridgehead atoms. The third kappa shape index (κ3) is 3.45. The van der Waals surface area contributed by atoms with Crippen molar-refractivity contribution in [3.05, 3.63) is 121 Å². The molecule has 5 aromatic rings. The third-order valence-electron chi connectivity index (χ3n) is 5.50. The van der Waals surface area contributed by atoms with E-state index in [1.807, 2.05) is 6.07 Å². The average molecular weight is 386 g/mol. The van der Waals surface area contributed by atoms with Crippen LogP contribution in [0.1, 0.15) is 0 Å². The lowest BCUT2D eigenvalue weighted by Crippen LogP contribution is -2.24. The van der Waals surface area contributed by atoms with E-state index in [4.69, 9.17) is 5.84 Å². The van der Waals surface area contributed by atoms with Gasteiger partial charge in [0.25, 0.3) is 0 Å². The average Bonchev–Trinajstić information content (AvgIpc) is 2.84. The Morgan fingerprint density at radius 2 is 0.967 bits per heavy atom. The predicted molar refractivity (Wildman–Crippen MR) is 128 cm³/mol. The fourth-order valence-electron chi connectivity index (χ4n) is 3.87. The molecule has 30 heavy (non-hydrogen) atoms. The van der Waals surface area contributed by atoms with E-state index in [0.29, 0.717) is 0 Å². The number of anilines is 2. The van der Waals surface area contributed by atoms with Crippen LogP contribution in [0.2, 0.25) is 0 Å². The van der Waals surface area contributed by atoms with Crippen LogP contribution in [-0.2, 0) is 0 Å². The molecule has 0 radical (unpaired) electrons. The van der Waals surface area contributed by atoms with Crippen molar-refractivity contribution in [2.24, 2.45) is 5.84 Å².